The van der Waals surface area contributed by atoms with Gasteiger partial charge >= 0.3 is 0 Å². The van der Waals surface area contributed by atoms with E-state index in [9.17, 15) is 0 Å². The van der Waals surface area contributed by atoms with Gasteiger partial charge in [0.1, 0.15) is 5.65 Å². The molecule has 53 heavy (non-hydrogen) atoms. The Kier molecular flexibility index (Phi) is 7.42. The van der Waals surface area contributed by atoms with Crippen LogP contribution in [0.2, 0.25) is 0 Å². The molecule has 8 aromatic rings. The highest BCUT2D eigenvalue weighted by atomic mass is 15.3. The quantitative estimate of drug-likeness (QED) is 0.181. The highest BCUT2D eigenvalue weighted by Gasteiger charge is 2.47. The number of imidazole rings is 1. The van der Waals surface area contributed by atoms with E-state index in [1.54, 1.807) is 0 Å². The summed E-state index contributed by atoms with van der Waals surface area (Å²) in [5.74, 6) is 0. The Hall–Kier alpha value is -6.07. The molecule has 0 amide bonds. The second-order valence-electron chi connectivity index (χ2n) is 15.5. The summed E-state index contributed by atoms with van der Waals surface area (Å²) < 4.78 is 4.40. The Morgan fingerprint density at radius 1 is 0.604 bits per heavy atom. The molecule has 260 valence electrons. The number of hydrogen-bond acceptors (Lipinski definition) is 3. The Morgan fingerprint density at radius 3 is 1.98 bits per heavy atom. The second-order valence-corrected chi connectivity index (χ2v) is 15.5. The standard InChI is InChI=1S/C48H43N5/c1-30-32(3)52-29-37(27-41(46(52)50-30)44-28-35(24-25-49-44)47(5,6)7)48(42-22-13-11-20-39(42)40-21-12-14-23-43(40)48)36-18-15-19-38(26-36)53-33(4)45(31(2)51-53)34-16-9-8-10-17-34/h8-29H,1-7H3. The Labute approximate surface area is 311 Å². The number of nitrogens with zero attached hydrogens (tertiary/aromatic N) is 5. The van der Waals surface area contributed by atoms with Crippen LogP contribution < -0.4 is 0 Å². The summed E-state index contributed by atoms with van der Waals surface area (Å²) >= 11 is 0. The first-order valence-corrected chi connectivity index (χ1v) is 18.5. The molecule has 0 radical (unpaired) electrons. The first-order valence-electron chi connectivity index (χ1n) is 18.5. The zero-order valence-corrected chi connectivity index (χ0v) is 31.4. The van der Waals surface area contributed by atoms with Crippen LogP contribution in [0, 0.1) is 27.7 Å². The Bertz CT molecular complexity index is 2660. The van der Waals surface area contributed by atoms with Crippen molar-refractivity contribution in [1.82, 2.24) is 24.1 Å². The molecule has 0 saturated carbocycles. The molecule has 0 N–H and O–H groups in total. The lowest BCUT2D eigenvalue weighted by molar-refractivity contribution is 0.589. The molecule has 0 atom stereocenters. The van der Waals surface area contributed by atoms with Gasteiger partial charge in [0.25, 0.3) is 0 Å². The van der Waals surface area contributed by atoms with E-state index in [-0.39, 0.29) is 5.41 Å². The van der Waals surface area contributed by atoms with Crippen molar-refractivity contribution in [2.75, 3.05) is 0 Å². The largest absolute Gasteiger partial charge is 0.303 e. The molecule has 4 aromatic carbocycles. The third-order valence-electron chi connectivity index (χ3n) is 11.4. The fraction of sp³-hybridized carbons (Fsp3) is 0.188. The van der Waals surface area contributed by atoms with E-state index in [0.717, 1.165) is 50.9 Å². The van der Waals surface area contributed by atoms with Gasteiger partial charge in [-0.15, -0.1) is 0 Å². The van der Waals surface area contributed by atoms with E-state index in [1.807, 2.05) is 6.20 Å². The highest BCUT2D eigenvalue weighted by Crippen LogP contribution is 2.56. The van der Waals surface area contributed by atoms with E-state index in [0.29, 0.717) is 0 Å². The van der Waals surface area contributed by atoms with E-state index in [2.05, 4.69) is 185 Å². The van der Waals surface area contributed by atoms with E-state index < -0.39 is 5.41 Å². The van der Waals surface area contributed by atoms with E-state index in [4.69, 9.17) is 15.1 Å². The second kappa shape index (κ2) is 12.0. The van der Waals surface area contributed by atoms with Gasteiger partial charge in [0.2, 0.25) is 0 Å². The first-order chi connectivity index (χ1) is 25.6. The lowest BCUT2D eigenvalue weighted by Crippen LogP contribution is -2.29. The van der Waals surface area contributed by atoms with Crippen LogP contribution in [-0.2, 0) is 10.8 Å². The van der Waals surface area contributed by atoms with Gasteiger partial charge in [-0.3, -0.25) is 4.98 Å². The number of fused-ring (bicyclic) bond motifs is 4. The molecule has 4 heterocycles. The van der Waals surface area contributed by atoms with Gasteiger partial charge in [0, 0.05) is 34.9 Å². The van der Waals surface area contributed by atoms with Gasteiger partial charge in [-0.05, 0) is 108 Å². The maximum Gasteiger partial charge on any atom is 0.146 e. The molecule has 0 saturated heterocycles. The molecule has 4 aromatic heterocycles. The van der Waals surface area contributed by atoms with Crippen LogP contribution in [-0.4, -0.2) is 24.1 Å². The van der Waals surface area contributed by atoms with Crippen molar-refractivity contribution in [2.24, 2.45) is 0 Å². The summed E-state index contributed by atoms with van der Waals surface area (Å²) in [5.41, 5.74) is 18.4. The molecular formula is C48H43N5. The molecule has 1 aliphatic carbocycles. The predicted molar refractivity (Wildman–Crippen MR) is 216 cm³/mol. The summed E-state index contributed by atoms with van der Waals surface area (Å²) in [6, 6.07) is 44.2. The summed E-state index contributed by atoms with van der Waals surface area (Å²) in [6.07, 6.45) is 4.27. The summed E-state index contributed by atoms with van der Waals surface area (Å²) in [4.78, 5) is 10.1. The van der Waals surface area contributed by atoms with Crippen LogP contribution in [0.25, 0.3) is 44.8 Å². The molecule has 0 unspecified atom stereocenters. The van der Waals surface area contributed by atoms with E-state index in [1.165, 1.54) is 44.5 Å². The van der Waals surface area contributed by atoms with Crippen LogP contribution in [0.4, 0.5) is 0 Å². The Balaban J connectivity index is 1.36. The lowest BCUT2D eigenvalue weighted by atomic mass is 9.67. The normalized spacial score (nSPS) is 13.3. The average Bonchev–Trinajstić information content (AvgIpc) is 3.76. The van der Waals surface area contributed by atoms with Crippen molar-refractivity contribution < 1.29 is 0 Å². The number of pyridine rings is 2. The molecule has 5 nitrogen and oxygen atoms in total. The molecule has 0 fully saturated rings. The molecule has 0 bridgehead atoms. The number of rotatable bonds is 5. The van der Waals surface area contributed by atoms with Crippen LogP contribution in [0.3, 0.4) is 0 Å². The summed E-state index contributed by atoms with van der Waals surface area (Å²) in [5, 5.41) is 5.14. The van der Waals surface area contributed by atoms with Crippen LogP contribution in [0.1, 0.15) is 71.4 Å². The minimum Gasteiger partial charge on any atom is -0.303 e. The minimum atomic E-state index is -0.642. The monoisotopic (exact) mass is 689 g/mol. The average molecular weight is 690 g/mol. The molecular weight excluding hydrogens is 647 g/mol. The minimum absolute atomic E-state index is 0.0266. The number of aryl methyl sites for hydroxylation is 3. The SMILES string of the molecule is Cc1nn(-c2cccc(C3(c4cc(-c5cc(C(C)(C)C)ccn5)c5nc(C)c(C)n5c4)c4ccccc4-c4ccccc43)c2)c(C)c1-c1ccccc1. The lowest BCUT2D eigenvalue weighted by Gasteiger charge is -2.34. The number of hydrogen-bond donors (Lipinski definition) is 0. The van der Waals surface area contributed by atoms with Crippen molar-refractivity contribution >= 4 is 5.65 Å². The third kappa shape index (κ3) is 4.94. The van der Waals surface area contributed by atoms with Crippen LogP contribution >= 0.6 is 0 Å². The highest BCUT2D eigenvalue weighted by molar-refractivity contribution is 5.88. The Morgan fingerprint density at radius 2 is 1.28 bits per heavy atom. The summed E-state index contributed by atoms with van der Waals surface area (Å²) in [6.45, 7) is 15.3. The predicted octanol–water partition coefficient (Wildman–Crippen LogP) is 11.1. The molecule has 1 aliphatic rings. The zero-order chi connectivity index (χ0) is 36.6. The number of aromatic nitrogens is 5. The van der Waals surface area contributed by atoms with Gasteiger partial charge in [-0.1, -0.05) is 112 Å². The fourth-order valence-corrected chi connectivity index (χ4v) is 8.62. The maximum absolute atomic E-state index is 5.14. The van der Waals surface area contributed by atoms with Crippen molar-refractivity contribution in [3.05, 3.63) is 184 Å². The van der Waals surface area contributed by atoms with Crippen molar-refractivity contribution in [3.63, 3.8) is 0 Å². The van der Waals surface area contributed by atoms with Crippen LogP contribution in [0.15, 0.2) is 134 Å². The topological polar surface area (TPSA) is 48.0 Å². The van der Waals surface area contributed by atoms with Gasteiger partial charge in [0.15, 0.2) is 0 Å². The van der Waals surface area contributed by atoms with E-state index >= 15 is 0 Å². The summed E-state index contributed by atoms with van der Waals surface area (Å²) in [7, 11) is 0. The molecule has 0 aliphatic heterocycles. The fourth-order valence-electron chi connectivity index (χ4n) is 8.62. The molecule has 5 heteroatoms. The number of benzene rings is 4. The van der Waals surface area contributed by atoms with Crippen molar-refractivity contribution in [1.29, 1.82) is 0 Å². The van der Waals surface area contributed by atoms with Crippen molar-refractivity contribution in [3.8, 4) is 39.2 Å². The van der Waals surface area contributed by atoms with Gasteiger partial charge in [0.05, 0.1) is 28.2 Å². The molecule has 0 spiro atoms. The molecule has 9 rings (SSSR count). The van der Waals surface area contributed by atoms with Gasteiger partial charge in [-0.25, -0.2) is 9.67 Å². The third-order valence-corrected chi connectivity index (χ3v) is 11.4. The smallest absolute Gasteiger partial charge is 0.146 e. The van der Waals surface area contributed by atoms with Gasteiger partial charge < -0.3 is 4.40 Å². The van der Waals surface area contributed by atoms with Gasteiger partial charge in [-0.2, -0.15) is 5.10 Å². The first kappa shape index (κ1) is 32.8. The zero-order valence-electron chi connectivity index (χ0n) is 31.4. The van der Waals surface area contributed by atoms with Crippen molar-refractivity contribution in [2.45, 2.75) is 59.3 Å². The maximum atomic E-state index is 5.14. The van der Waals surface area contributed by atoms with Crippen LogP contribution in [0.5, 0.6) is 0 Å².